The first-order valence-corrected chi connectivity index (χ1v) is 10.6. The van der Waals surface area contributed by atoms with Gasteiger partial charge in [-0.3, -0.25) is 9.69 Å². The van der Waals surface area contributed by atoms with Gasteiger partial charge in [0.15, 0.2) is 5.78 Å². The third-order valence-electron chi connectivity index (χ3n) is 6.63. The van der Waals surface area contributed by atoms with E-state index < -0.39 is 0 Å². The van der Waals surface area contributed by atoms with Crippen LogP contribution in [0.3, 0.4) is 0 Å². The summed E-state index contributed by atoms with van der Waals surface area (Å²) in [5.41, 5.74) is 6.89. The Kier molecular flexibility index (Phi) is 5.56. The molecule has 1 aromatic heterocycles. The van der Waals surface area contributed by atoms with Crippen LogP contribution in [-0.2, 0) is 7.05 Å². The molecule has 4 rings (SSSR count). The number of ether oxygens (including phenoxy) is 1. The molecule has 30 heavy (non-hydrogen) atoms. The number of ketones is 1. The second kappa shape index (κ2) is 8.15. The van der Waals surface area contributed by atoms with Crippen molar-refractivity contribution in [1.29, 1.82) is 0 Å². The maximum Gasteiger partial charge on any atom is 0.179 e. The van der Waals surface area contributed by atoms with Crippen LogP contribution < -0.4 is 9.64 Å². The van der Waals surface area contributed by atoms with Gasteiger partial charge in [0.05, 0.1) is 13.7 Å². The standard InChI is InChI=1S/C25H31N3O2/c1-17-7-6-8-22(18(17)2)28-13-11-27(12-14-28)16-24(29)25-19(3)26(4)23-10-9-20(30-5)15-21(23)25/h6-10,15H,11-14,16H2,1-5H3. The summed E-state index contributed by atoms with van der Waals surface area (Å²) in [7, 11) is 3.68. The number of aromatic nitrogens is 1. The first-order chi connectivity index (χ1) is 14.4. The first-order valence-electron chi connectivity index (χ1n) is 10.6. The molecule has 3 aromatic rings. The lowest BCUT2D eigenvalue weighted by Gasteiger charge is -2.36. The van der Waals surface area contributed by atoms with Crippen molar-refractivity contribution in [1.82, 2.24) is 9.47 Å². The minimum Gasteiger partial charge on any atom is -0.497 e. The van der Waals surface area contributed by atoms with E-state index in [1.165, 1.54) is 16.8 Å². The van der Waals surface area contributed by atoms with Gasteiger partial charge in [-0.2, -0.15) is 0 Å². The van der Waals surface area contributed by atoms with E-state index in [9.17, 15) is 4.79 Å². The van der Waals surface area contributed by atoms with E-state index >= 15 is 0 Å². The summed E-state index contributed by atoms with van der Waals surface area (Å²) in [5.74, 6) is 0.968. The molecular weight excluding hydrogens is 374 g/mol. The van der Waals surface area contributed by atoms with Crippen LogP contribution in [0.2, 0.25) is 0 Å². The lowest BCUT2D eigenvalue weighted by atomic mass is 10.0. The molecule has 1 fully saturated rings. The van der Waals surface area contributed by atoms with Gasteiger partial charge in [0.1, 0.15) is 5.75 Å². The van der Waals surface area contributed by atoms with Gasteiger partial charge < -0.3 is 14.2 Å². The number of aryl methyl sites for hydroxylation is 2. The molecule has 0 amide bonds. The highest BCUT2D eigenvalue weighted by atomic mass is 16.5. The molecule has 0 spiro atoms. The highest BCUT2D eigenvalue weighted by Gasteiger charge is 2.24. The van der Waals surface area contributed by atoms with E-state index in [1.54, 1.807) is 7.11 Å². The predicted octanol–water partition coefficient (Wildman–Crippen LogP) is 4.12. The van der Waals surface area contributed by atoms with E-state index in [0.717, 1.165) is 54.1 Å². The van der Waals surface area contributed by atoms with Crippen molar-refractivity contribution in [2.45, 2.75) is 20.8 Å². The maximum atomic E-state index is 13.3. The topological polar surface area (TPSA) is 37.7 Å². The highest BCUT2D eigenvalue weighted by Crippen LogP contribution is 2.29. The van der Waals surface area contributed by atoms with Crippen LogP contribution in [-0.4, -0.2) is 55.1 Å². The van der Waals surface area contributed by atoms with Crippen molar-refractivity contribution in [3.63, 3.8) is 0 Å². The number of Topliss-reactive ketones (excluding diaryl/α,β-unsaturated/α-hetero) is 1. The summed E-state index contributed by atoms with van der Waals surface area (Å²) in [6.45, 7) is 10.5. The number of rotatable bonds is 5. The molecule has 0 N–H and O–H groups in total. The van der Waals surface area contributed by atoms with Crippen LogP contribution in [0.25, 0.3) is 10.9 Å². The van der Waals surface area contributed by atoms with Crippen molar-refractivity contribution in [3.8, 4) is 5.75 Å². The average Bonchev–Trinajstić information content (AvgIpc) is 3.00. The van der Waals surface area contributed by atoms with Gasteiger partial charge in [-0.1, -0.05) is 12.1 Å². The fourth-order valence-electron chi connectivity index (χ4n) is 4.54. The number of anilines is 1. The van der Waals surface area contributed by atoms with Crippen molar-refractivity contribution in [2.24, 2.45) is 7.05 Å². The highest BCUT2D eigenvalue weighted by molar-refractivity contribution is 6.10. The normalized spacial score (nSPS) is 15.0. The van der Waals surface area contributed by atoms with Gasteiger partial charge in [0.25, 0.3) is 0 Å². The van der Waals surface area contributed by atoms with E-state index in [4.69, 9.17) is 4.74 Å². The molecule has 2 aromatic carbocycles. The number of carbonyl (C=O) groups excluding carboxylic acids is 1. The van der Waals surface area contributed by atoms with E-state index in [2.05, 4.69) is 46.4 Å². The molecule has 0 aliphatic carbocycles. The molecular formula is C25H31N3O2. The second-order valence-corrected chi connectivity index (χ2v) is 8.31. The van der Waals surface area contributed by atoms with E-state index in [-0.39, 0.29) is 5.78 Å². The molecule has 1 aliphatic heterocycles. The van der Waals surface area contributed by atoms with Crippen LogP contribution in [0, 0.1) is 20.8 Å². The Morgan fingerprint density at radius 2 is 1.77 bits per heavy atom. The van der Waals surface area contributed by atoms with Gasteiger partial charge in [-0.05, 0) is 56.2 Å². The first kappa shape index (κ1) is 20.5. The fraction of sp³-hybridized carbons (Fsp3) is 0.400. The van der Waals surface area contributed by atoms with Crippen LogP contribution in [0.4, 0.5) is 5.69 Å². The minimum absolute atomic E-state index is 0.187. The molecule has 2 heterocycles. The van der Waals surface area contributed by atoms with Crippen LogP contribution >= 0.6 is 0 Å². The molecule has 0 bridgehead atoms. The number of hydrogen-bond acceptors (Lipinski definition) is 4. The number of hydrogen-bond donors (Lipinski definition) is 0. The van der Waals surface area contributed by atoms with Crippen LogP contribution in [0.15, 0.2) is 36.4 Å². The van der Waals surface area contributed by atoms with Crippen molar-refractivity contribution >= 4 is 22.4 Å². The Morgan fingerprint density at radius 1 is 1.03 bits per heavy atom. The SMILES string of the molecule is COc1ccc2c(c1)c(C(=O)CN1CCN(c3cccc(C)c3C)CC1)c(C)n2C. The minimum atomic E-state index is 0.187. The van der Waals surface area contributed by atoms with Gasteiger partial charge in [-0.15, -0.1) is 0 Å². The number of nitrogens with zero attached hydrogens (tertiary/aromatic N) is 3. The summed E-state index contributed by atoms with van der Waals surface area (Å²) in [4.78, 5) is 18.0. The molecule has 0 unspecified atom stereocenters. The summed E-state index contributed by atoms with van der Waals surface area (Å²) in [6.07, 6.45) is 0. The zero-order chi connectivity index (χ0) is 21.4. The maximum absolute atomic E-state index is 13.3. The number of carbonyl (C=O) groups is 1. The molecule has 1 saturated heterocycles. The fourth-order valence-corrected chi connectivity index (χ4v) is 4.54. The smallest absolute Gasteiger partial charge is 0.179 e. The molecule has 0 atom stereocenters. The summed E-state index contributed by atoms with van der Waals surface area (Å²) in [6, 6.07) is 12.5. The Morgan fingerprint density at radius 3 is 2.47 bits per heavy atom. The third-order valence-corrected chi connectivity index (χ3v) is 6.63. The Balaban J connectivity index is 1.49. The monoisotopic (exact) mass is 405 g/mol. The molecule has 1 aliphatic rings. The number of fused-ring (bicyclic) bond motifs is 1. The van der Waals surface area contributed by atoms with Gasteiger partial charge in [0, 0.05) is 61.1 Å². The lowest BCUT2D eigenvalue weighted by Crippen LogP contribution is -2.48. The third kappa shape index (κ3) is 3.58. The average molecular weight is 406 g/mol. The van der Waals surface area contributed by atoms with Crippen LogP contribution in [0.5, 0.6) is 5.75 Å². The Labute approximate surface area is 178 Å². The van der Waals surface area contributed by atoms with Crippen molar-refractivity contribution < 1.29 is 9.53 Å². The molecule has 0 radical (unpaired) electrons. The van der Waals surface area contributed by atoms with Crippen molar-refractivity contribution in [2.75, 3.05) is 44.7 Å². The number of piperazine rings is 1. The number of benzene rings is 2. The zero-order valence-electron chi connectivity index (χ0n) is 18.7. The van der Waals surface area contributed by atoms with Gasteiger partial charge >= 0.3 is 0 Å². The molecule has 158 valence electrons. The predicted molar refractivity (Wildman–Crippen MR) is 123 cm³/mol. The van der Waals surface area contributed by atoms with E-state index in [0.29, 0.717) is 6.54 Å². The van der Waals surface area contributed by atoms with Gasteiger partial charge in [0.2, 0.25) is 0 Å². The Bertz CT molecular complexity index is 1090. The molecule has 5 nitrogen and oxygen atoms in total. The summed E-state index contributed by atoms with van der Waals surface area (Å²) in [5, 5.41) is 0.980. The van der Waals surface area contributed by atoms with Crippen molar-refractivity contribution in [3.05, 3.63) is 58.8 Å². The summed E-state index contributed by atoms with van der Waals surface area (Å²) < 4.78 is 7.49. The zero-order valence-corrected chi connectivity index (χ0v) is 18.7. The number of methoxy groups -OCH3 is 1. The molecule has 0 saturated carbocycles. The quantitative estimate of drug-likeness (QED) is 0.599. The summed E-state index contributed by atoms with van der Waals surface area (Å²) >= 11 is 0. The molecule has 5 heteroatoms. The Hall–Kier alpha value is -2.79. The van der Waals surface area contributed by atoms with Gasteiger partial charge in [-0.25, -0.2) is 0 Å². The largest absolute Gasteiger partial charge is 0.497 e. The second-order valence-electron chi connectivity index (χ2n) is 8.31. The lowest BCUT2D eigenvalue weighted by molar-refractivity contribution is 0.0927. The van der Waals surface area contributed by atoms with E-state index in [1.807, 2.05) is 32.2 Å². The van der Waals surface area contributed by atoms with Crippen LogP contribution in [0.1, 0.15) is 27.2 Å².